The summed E-state index contributed by atoms with van der Waals surface area (Å²) < 4.78 is 32.5. The quantitative estimate of drug-likeness (QED) is 0.905. The van der Waals surface area contributed by atoms with Gasteiger partial charge < -0.3 is 10.1 Å². The molecule has 1 heterocycles. The van der Waals surface area contributed by atoms with Crippen LogP contribution in [-0.4, -0.2) is 45.6 Å². The first-order valence-corrected chi connectivity index (χ1v) is 8.25. The van der Waals surface area contributed by atoms with Crippen LogP contribution in [0.2, 0.25) is 0 Å². The second-order valence-corrected chi connectivity index (χ2v) is 7.02. The van der Waals surface area contributed by atoms with Gasteiger partial charge in [0, 0.05) is 19.6 Å². The smallest absolute Gasteiger partial charge is 0.243 e. The SMILES string of the molecule is CNCc1cccc(S(=O)(=O)N2CCOC(C)C2)c1C. The Balaban J connectivity index is 2.36. The number of morpholine rings is 1. The van der Waals surface area contributed by atoms with Gasteiger partial charge >= 0.3 is 0 Å². The molecule has 2 rings (SSSR count). The number of sulfonamides is 1. The fourth-order valence-corrected chi connectivity index (χ4v) is 4.23. The van der Waals surface area contributed by atoms with Crippen molar-refractivity contribution < 1.29 is 13.2 Å². The molecule has 20 heavy (non-hydrogen) atoms. The summed E-state index contributed by atoms with van der Waals surface area (Å²) in [7, 11) is -1.59. The first-order chi connectivity index (χ1) is 9.46. The average Bonchev–Trinajstić information content (AvgIpc) is 2.41. The summed E-state index contributed by atoms with van der Waals surface area (Å²) in [5.41, 5.74) is 1.83. The monoisotopic (exact) mass is 298 g/mol. The van der Waals surface area contributed by atoms with Crippen molar-refractivity contribution in [1.29, 1.82) is 0 Å². The molecule has 0 radical (unpaired) electrons. The lowest BCUT2D eigenvalue weighted by Crippen LogP contribution is -2.44. The predicted octanol–water partition coefficient (Wildman–Crippen LogP) is 1.12. The first kappa shape index (κ1) is 15.4. The minimum absolute atomic E-state index is 0.0562. The average molecular weight is 298 g/mol. The summed E-state index contributed by atoms with van der Waals surface area (Å²) >= 11 is 0. The van der Waals surface area contributed by atoms with Gasteiger partial charge in [-0.1, -0.05) is 12.1 Å². The number of nitrogens with one attached hydrogen (secondary N) is 1. The van der Waals surface area contributed by atoms with Crippen LogP contribution in [0.25, 0.3) is 0 Å². The number of ether oxygens (including phenoxy) is 1. The number of hydrogen-bond acceptors (Lipinski definition) is 4. The third-order valence-electron chi connectivity index (χ3n) is 3.59. The van der Waals surface area contributed by atoms with Gasteiger partial charge in [-0.2, -0.15) is 4.31 Å². The molecule has 0 bridgehead atoms. The second kappa shape index (κ2) is 6.22. The standard InChI is InChI=1S/C14H22N2O3S/c1-11-10-16(7-8-19-11)20(17,18)14-6-4-5-13(9-15-3)12(14)2/h4-6,11,15H,7-10H2,1-3H3. The Morgan fingerprint density at radius 3 is 2.85 bits per heavy atom. The maximum absolute atomic E-state index is 12.8. The van der Waals surface area contributed by atoms with E-state index in [4.69, 9.17) is 4.74 Å². The summed E-state index contributed by atoms with van der Waals surface area (Å²) in [5, 5.41) is 3.06. The highest BCUT2D eigenvalue weighted by atomic mass is 32.2. The molecular formula is C14H22N2O3S. The normalized spacial score (nSPS) is 21.1. The Morgan fingerprint density at radius 1 is 1.45 bits per heavy atom. The van der Waals surface area contributed by atoms with Crippen molar-refractivity contribution >= 4 is 10.0 Å². The zero-order valence-electron chi connectivity index (χ0n) is 12.2. The topological polar surface area (TPSA) is 58.6 Å². The molecule has 6 heteroatoms. The van der Waals surface area contributed by atoms with Gasteiger partial charge in [0.05, 0.1) is 17.6 Å². The third-order valence-corrected chi connectivity index (χ3v) is 5.59. The highest BCUT2D eigenvalue weighted by molar-refractivity contribution is 7.89. The zero-order valence-corrected chi connectivity index (χ0v) is 13.0. The summed E-state index contributed by atoms with van der Waals surface area (Å²) in [5.74, 6) is 0. The van der Waals surface area contributed by atoms with Gasteiger partial charge in [-0.3, -0.25) is 0 Å². The molecule has 0 amide bonds. The van der Waals surface area contributed by atoms with Gasteiger partial charge in [0.2, 0.25) is 10.0 Å². The van der Waals surface area contributed by atoms with Gasteiger partial charge in [-0.05, 0) is 38.1 Å². The minimum atomic E-state index is -3.44. The first-order valence-electron chi connectivity index (χ1n) is 6.81. The van der Waals surface area contributed by atoms with Crippen LogP contribution in [0.5, 0.6) is 0 Å². The number of nitrogens with zero attached hydrogens (tertiary/aromatic N) is 1. The second-order valence-electron chi connectivity index (χ2n) is 5.12. The Labute approximate surface area is 121 Å². The van der Waals surface area contributed by atoms with Crippen LogP contribution >= 0.6 is 0 Å². The van der Waals surface area contributed by atoms with E-state index in [1.54, 1.807) is 12.1 Å². The molecule has 5 nitrogen and oxygen atoms in total. The van der Waals surface area contributed by atoms with Crippen molar-refractivity contribution in [1.82, 2.24) is 9.62 Å². The molecule has 1 atom stereocenters. The van der Waals surface area contributed by atoms with Crippen molar-refractivity contribution in [2.24, 2.45) is 0 Å². The van der Waals surface area contributed by atoms with E-state index in [-0.39, 0.29) is 6.10 Å². The van der Waals surface area contributed by atoms with Gasteiger partial charge in [0.25, 0.3) is 0 Å². The maximum Gasteiger partial charge on any atom is 0.243 e. The van der Waals surface area contributed by atoms with Crippen molar-refractivity contribution in [3.8, 4) is 0 Å². The molecule has 1 aliphatic rings. The number of rotatable bonds is 4. The zero-order chi connectivity index (χ0) is 14.8. The Morgan fingerprint density at radius 2 is 2.20 bits per heavy atom. The number of benzene rings is 1. The van der Waals surface area contributed by atoms with E-state index >= 15 is 0 Å². The molecule has 1 fully saturated rings. The van der Waals surface area contributed by atoms with E-state index in [9.17, 15) is 8.42 Å². The summed E-state index contributed by atoms with van der Waals surface area (Å²) in [6.45, 7) is 5.71. The van der Waals surface area contributed by atoms with E-state index in [0.717, 1.165) is 11.1 Å². The maximum atomic E-state index is 12.8. The van der Waals surface area contributed by atoms with E-state index in [0.29, 0.717) is 31.1 Å². The largest absolute Gasteiger partial charge is 0.376 e. The molecule has 1 N–H and O–H groups in total. The Bertz CT molecular complexity index is 572. The molecule has 112 valence electrons. The molecule has 1 aliphatic heterocycles. The van der Waals surface area contributed by atoms with Crippen LogP contribution in [0.3, 0.4) is 0 Å². The van der Waals surface area contributed by atoms with E-state index in [1.165, 1.54) is 4.31 Å². The van der Waals surface area contributed by atoms with Crippen LogP contribution in [0.15, 0.2) is 23.1 Å². The lowest BCUT2D eigenvalue weighted by molar-refractivity contribution is 0.0102. The van der Waals surface area contributed by atoms with Gasteiger partial charge in [0.1, 0.15) is 0 Å². The fourth-order valence-electron chi connectivity index (χ4n) is 2.47. The summed E-state index contributed by atoms with van der Waals surface area (Å²) in [4.78, 5) is 0.402. The van der Waals surface area contributed by atoms with Crippen LogP contribution in [0.1, 0.15) is 18.1 Å². The lowest BCUT2D eigenvalue weighted by atomic mass is 10.1. The summed E-state index contributed by atoms with van der Waals surface area (Å²) in [6, 6.07) is 5.44. The van der Waals surface area contributed by atoms with Gasteiger partial charge in [-0.15, -0.1) is 0 Å². The molecule has 1 aromatic rings. The minimum Gasteiger partial charge on any atom is -0.376 e. The van der Waals surface area contributed by atoms with Gasteiger partial charge in [-0.25, -0.2) is 8.42 Å². The van der Waals surface area contributed by atoms with Crippen LogP contribution in [0, 0.1) is 6.92 Å². The van der Waals surface area contributed by atoms with Crippen molar-refractivity contribution in [2.45, 2.75) is 31.4 Å². The molecule has 0 saturated carbocycles. The fraction of sp³-hybridized carbons (Fsp3) is 0.571. The van der Waals surface area contributed by atoms with Crippen LogP contribution < -0.4 is 5.32 Å². The lowest BCUT2D eigenvalue weighted by Gasteiger charge is -2.30. The van der Waals surface area contributed by atoms with E-state index < -0.39 is 10.0 Å². The van der Waals surface area contributed by atoms with Crippen molar-refractivity contribution in [2.75, 3.05) is 26.7 Å². The van der Waals surface area contributed by atoms with Crippen LogP contribution in [-0.2, 0) is 21.3 Å². The molecule has 0 aromatic heterocycles. The summed E-state index contributed by atoms with van der Waals surface area (Å²) in [6.07, 6.45) is -0.0562. The Hall–Kier alpha value is -0.950. The highest BCUT2D eigenvalue weighted by Gasteiger charge is 2.30. The molecule has 0 spiro atoms. The molecular weight excluding hydrogens is 276 g/mol. The Kier molecular flexibility index (Phi) is 4.80. The van der Waals surface area contributed by atoms with E-state index in [1.807, 2.05) is 27.0 Å². The molecule has 1 unspecified atom stereocenters. The van der Waals surface area contributed by atoms with Crippen LogP contribution in [0.4, 0.5) is 0 Å². The van der Waals surface area contributed by atoms with Gasteiger partial charge in [0.15, 0.2) is 0 Å². The highest BCUT2D eigenvalue weighted by Crippen LogP contribution is 2.24. The van der Waals surface area contributed by atoms with Crippen molar-refractivity contribution in [3.05, 3.63) is 29.3 Å². The molecule has 0 aliphatic carbocycles. The van der Waals surface area contributed by atoms with Crippen molar-refractivity contribution in [3.63, 3.8) is 0 Å². The molecule has 1 saturated heterocycles. The van der Waals surface area contributed by atoms with E-state index in [2.05, 4.69) is 5.32 Å². The predicted molar refractivity (Wildman–Crippen MR) is 78.1 cm³/mol. The third kappa shape index (κ3) is 3.03. The molecule has 1 aromatic carbocycles. The number of hydrogen-bond donors (Lipinski definition) is 1.